The highest BCUT2D eigenvalue weighted by atomic mass is 32.1. The molecule has 1 atom stereocenters. The van der Waals surface area contributed by atoms with Crippen molar-refractivity contribution in [3.05, 3.63) is 29.8 Å². The van der Waals surface area contributed by atoms with Crippen LogP contribution in [0.4, 0.5) is 5.69 Å². The number of hydrogen-bond acceptors (Lipinski definition) is 1. The fourth-order valence-corrected chi connectivity index (χ4v) is 1.94. The van der Waals surface area contributed by atoms with Crippen LogP contribution in [0.1, 0.15) is 32.3 Å². The molecule has 0 bridgehead atoms. The summed E-state index contributed by atoms with van der Waals surface area (Å²) in [6, 6.07) is 8.62. The van der Waals surface area contributed by atoms with Crippen LogP contribution in [0.3, 0.4) is 0 Å². The molecule has 0 aromatic heterocycles. The summed E-state index contributed by atoms with van der Waals surface area (Å²) in [5.41, 5.74) is 2.27. The van der Waals surface area contributed by atoms with Crippen molar-refractivity contribution in [2.45, 2.75) is 39.7 Å². The van der Waals surface area contributed by atoms with E-state index in [2.05, 4.69) is 43.5 Å². The molecule has 0 spiro atoms. The van der Waals surface area contributed by atoms with E-state index in [9.17, 15) is 0 Å². The zero-order valence-corrected chi connectivity index (χ0v) is 11.0. The lowest BCUT2D eigenvalue weighted by Crippen LogP contribution is -2.35. The Kier molecular flexibility index (Phi) is 5.26. The number of rotatable bonds is 4. The Balaban J connectivity index is 2.45. The minimum absolute atomic E-state index is 0.426. The number of hydrogen-bond donors (Lipinski definition) is 2. The Morgan fingerprint density at radius 1 is 1.44 bits per heavy atom. The number of anilines is 1. The highest BCUT2D eigenvalue weighted by Crippen LogP contribution is 2.09. The van der Waals surface area contributed by atoms with Crippen molar-refractivity contribution in [1.82, 2.24) is 5.32 Å². The van der Waals surface area contributed by atoms with E-state index in [0.29, 0.717) is 11.2 Å². The first-order valence-corrected chi connectivity index (χ1v) is 6.17. The van der Waals surface area contributed by atoms with Crippen LogP contribution in [-0.2, 0) is 0 Å². The fourth-order valence-electron chi connectivity index (χ4n) is 1.62. The third-order valence-electron chi connectivity index (χ3n) is 2.38. The average molecular weight is 236 g/mol. The third kappa shape index (κ3) is 4.62. The summed E-state index contributed by atoms with van der Waals surface area (Å²) in [5, 5.41) is 7.16. The van der Waals surface area contributed by atoms with Gasteiger partial charge in [-0.1, -0.05) is 25.5 Å². The molecule has 1 aromatic carbocycles. The van der Waals surface area contributed by atoms with Gasteiger partial charge in [0, 0.05) is 11.7 Å². The molecular weight excluding hydrogens is 216 g/mol. The van der Waals surface area contributed by atoms with Crippen LogP contribution in [0.5, 0.6) is 0 Å². The van der Waals surface area contributed by atoms with Crippen molar-refractivity contribution in [2.75, 3.05) is 5.32 Å². The molecule has 0 amide bonds. The largest absolute Gasteiger partial charge is 0.360 e. The molecule has 16 heavy (non-hydrogen) atoms. The normalized spacial score (nSPS) is 11.9. The van der Waals surface area contributed by atoms with Crippen molar-refractivity contribution in [1.29, 1.82) is 0 Å². The van der Waals surface area contributed by atoms with Gasteiger partial charge >= 0.3 is 0 Å². The summed E-state index contributed by atoms with van der Waals surface area (Å²) >= 11 is 5.25. The van der Waals surface area contributed by atoms with Crippen LogP contribution in [0, 0.1) is 6.92 Å². The Morgan fingerprint density at radius 2 is 2.19 bits per heavy atom. The molecular formula is C13H20N2S. The minimum Gasteiger partial charge on any atom is -0.360 e. The van der Waals surface area contributed by atoms with Crippen LogP contribution >= 0.6 is 12.2 Å². The average Bonchev–Trinajstić information content (AvgIpc) is 2.17. The van der Waals surface area contributed by atoms with Gasteiger partial charge in [0.25, 0.3) is 0 Å². The molecule has 0 saturated heterocycles. The van der Waals surface area contributed by atoms with Crippen LogP contribution in [-0.4, -0.2) is 11.2 Å². The molecule has 1 aromatic rings. The van der Waals surface area contributed by atoms with Gasteiger partial charge in [-0.15, -0.1) is 0 Å². The topological polar surface area (TPSA) is 24.1 Å². The molecule has 0 aliphatic heterocycles. The van der Waals surface area contributed by atoms with E-state index in [-0.39, 0.29) is 0 Å². The second-order valence-electron chi connectivity index (χ2n) is 4.16. The molecule has 0 fully saturated rings. The Bertz CT molecular complexity index is 350. The predicted octanol–water partition coefficient (Wildman–Crippen LogP) is 3.47. The fraction of sp³-hybridized carbons (Fsp3) is 0.462. The van der Waals surface area contributed by atoms with Crippen molar-refractivity contribution >= 4 is 23.0 Å². The molecule has 3 heteroatoms. The highest BCUT2D eigenvalue weighted by Gasteiger charge is 2.02. The van der Waals surface area contributed by atoms with Crippen LogP contribution in [0.15, 0.2) is 24.3 Å². The summed E-state index contributed by atoms with van der Waals surface area (Å²) in [6.07, 6.45) is 2.30. The number of benzene rings is 1. The first-order valence-electron chi connectivity index (χ1n) is 5.76. The van der Waals surface area contributed by atoms with Gasteiger partial charge in [-0.05, 0) is 50.2 Å². The summed E-state index contributed by atoms with van der Waals surface area (Å²) in [6.45, 7) is 6.39. The Labute approximate surface area is 103 Å². The lowest BCUT2D eigenvalue weighted by Gasteiger charge is -2.16. The van der Waals surface area contributed by atoms with E-state index in [0.717, 1.165) is 12.1 Å². The molecule has 2 nitrogen and oxygen atoms in total. The van der Waals surface area contributed by atoms with Gasteiger partial charge in [0.2, 0.25) is 0 Å². The van der Waals surface area contributed by atoms with Crippen molar-refractivity contribution < 1.29 is 0 Å². The van der Waals surface area contributed by atoms with E-state index in [1.807, 2.05) is 12.1 Å². The molecule has 88 valence electrons. The second-order valence-corrected chi connectivity index (χ2v) is 4.57. The first kappa shape index (κ1) is 13.0. The number of aryl methyl sites for hydroxylation is 1. The van der Waals surface area contributed by atoms with E-state index in [1.165, 1.54) is 12.0 Å². The standard InChI is InChI=1S/C13H20N2S/c1-4-6-11(3)14-13(16)15-12-8-5-7-10(2)9-12/h5,7-9,11H,4,6H2,1-3H3,(H2,14,15,16)/t11-/m0/s1. The molecule has 0 radical (unpaired) electrons. The van der Waals surface area contributed by atoms with Crippen molar-refractivity contribution in [2.24, 2.45) is 0 Å². The monoisotopic (exact) mass is 236 g/mol. The van der Waals surface area contributed by atoms with Gasteiger partial charge in [-0.25, -0.2) is 0 Å². The van der Waals surface area contributed by atoms with Crippen molar-refractivity contribution in [3.63, 3.8) is 0 Å². The number of nitrogens with one attached hydrogen (secondary N) is 2. The zero-order valence-electron chi connectivity index (χ0n) is 10.2. The molecule has 0 saturated carbocycles. The Morgan fingerprint density at radius 3 is 2.81 bits per heavy atom. The highest BCUT2D eigenvalue weighted by molar-refractivity contribution is 7.80. The van der Waals surface area contributed by atoms with E-state index >= 15 is 0 Å². The van der Waals surface area contributed by atoms with Gasteiger partial charge < -0.3 is 10.6 Å². The third-order valence-corrected chi connectivity index (χ3v) is 2.60. The summed E-state index contributed by atoms with van der Waals surface area (Å²) in [7, 11) is 0. The lowest BCUT2D eigenvalue weighted by atomic mass is 10.2. The SMILES string of the molecule is CCC[C@H](C)NC(=S)Nc1cccc(C)c1. The maximum atomic E-state index is 5.25. The van der Waals surface area contributed by atoms with Crippen molar-refractivity contribution in [3.8, 4) is 0 Å². The maximum Gasteiger partial charge on any atom is 0.170 e. The molecule has 1 rings (SSSR count). The predicted molar refractivity (Wildman–Crippen MR) is 74.9 cm³/mol. The zero-order chi connectivity index (χ0) is 12.0. The summed E-state index contributed by atoms with van der Waals surface area (Å²) in [4.78, 5) is 0. The Hall–Kier alpha value is -1.09. The van der Waals surface area contributed by atoms with E-state index < -0.39 is 0 Å². The molecule has 0 aliphatic rings. The van der Waals surface area contributed by atoms with Crippen LogP contribution in [0.25, 0.3) is 0 Å². The first-order chi connectivity index (χ1) is 7.61. The maximum absolute atomic E-state index is 5.25. The summed E-state index contributed by atoms with van der Waals surface area (Å²) < 4.78 is 0. The molecule has 2 N–H and O–H groups in total. The summed E-state index contributed by atoms with van der Waals surface area (Å²) in [5.74, 6) is 0. The van der Waals surface area contributed by atoms with Crippen LogP contribution < -0.4 is 10.6 Å². The van der Waals surface area contributed by atoms with Crippen LogP contribution in [0.2, 0.25) is 0 Å². The van der Waals surface area contributed by atoms with E-state index in [4.69, 9.17) is 12.2 Å². The van der Waals surface area contributed by atoms with Gasteiger partial charge in [0.05, 0.1) is 0 Å². The van der Waals surface area contributed by atoms with Gasteiger partial charge in [-0.2, -0.15) is 0 Å². The quantitative estimate of drug-likeness (QED) is 0.783. The smallest absolute Gasteiger partial charge is 0.170 e. The molecule has 0 unspecified atom stereocenters. The molecule has 0 heterocycles. The van der Waals surface area contributed by atoms with Gasteiger partial charge in [0.1, 0.15) is 0 Å². The number of thiocarbonyl (C=S) groups is 1. The second kappa shape index (κ2) is 6.48. The van der Waals surface area contributed by atoms with Gasteiger partial charge in [-0.3, -0.25) is 0 Å². The van der Waals surface area contributed by atoms with E-state index in [1.54, 1.807) is 0 Å². The van der Waals surface area contributed by atoms with Gasteiger partial charge in [0.15, 0.2) is 5.11 Å². The lowest BCUT2D eigenvalue weighted by molar-refractivity contribution is 0.599. The molecule has 0 aliphatic carbocycles. The minimum atomic E-state index is 0.426.